The number of hydrogen-bond donors (Lipinski definition) is 4. The lowest BCUT2D eigenvalue weighted by atomic mass is 10.1. The van der Waals surface area contributed by atoms with Crippen LogP contribution in [0.25, 0.3) is 11.2 Å². The van der Waals surface area contributed by atoms with Gasteiger partial charge in [-0.3, -0.25) is 9.36 Å². The largest absolute Gasteiger partial charge is 0.462 e. The van der Waals surface area contributed by atoms with Gasteiger partial charge in [-0.15, -0.1) is 0 Å². The molecule has 0 aliphatic carbocycles. The van der Waals surface area contributed by atoms with E-state index in [1.807, 2.05) is 13.8 Å². The van der Waals surface area contributed by atoms with Gasteiger partial charge >= 0.3 is 5.97 Å². The number of hydrogen-bond acceptors (Lipinski definition) is 10. The molecule has 0 saturated carbocycles. The number of nitrogens with zero attached hydrogens (tertiary/aromatic N) is 4. The number of nitrogens with two attached hydrogens (primary N) is 2. The Kier molecular flexibility index (Phi) is 5.56. The zero-order chi connectivity index (χ0) is 19.7. The van der Waals surface area contributed by atoms with Crippen molar-refractivity contribution in [3.8, 4) is 0 Å². The van der Waals surface area contributed by atoms with E-state index in [4.69, 9.17) is 20.9 Å². The van der Waals surface area contributed by atoms with Crippen molar-refractivity contribution in [1.29, 1.82) is 0 Å². The number of esters is 1. The van der Waals surface area contributed by atoms with Crippen LogP contribution in [0.4, 0.5) is 5.82 Å². The van der Waals surface area contributed by atoms with Crippen molar-refractivity contribution in [2.24, 2.45) is 11.7 Å². The van der Waals surface area contributed by atoms with Gasteiger partial charge in [0.2, 0.25) is 0 Å². The highest BCUT2D eigenvalue weighted by molar-refractivity contribution is 5.81. The van der Waals surface area contributed by atoms with Crippen LogP contribution >= 0.6 is 0 Å². The van der Waals surface area contributed by atoms with Gasteiger partial charge in [0.05, 0.1) is 6.33 Å². The molecule has 5 atom stereocenters. The third-order valence-corrected chi connectivity index (χ3v) is 4.42. The third-order valence-electron chi connectivity index (χ3n) is 4.42. The van der Waals surface area contributed by atoms with E-state index in [0.29, 0.717) is 17.6 Å². The molecule has 3 heterocycles. The SMILES string of the molecule is CC(C)C[C@@H](N)C(=O)OC[C@H]1O[C@@H](n2cnc3c(N)ncnc32)[C@@H](O)[C@@H]1O. The van der Waals surface area contributed by atoms with Gasteiger partial charge in [-0.25, -0.2) is 15.0 Å². The lowest BCUT2D eigenvalue weighted by Crippen LogP contribution is -2.38. The first-order chi connectivity index (χ1) is 12.8. The van der Waals surface area contributed by atoms with Crippen LogP contribution < -0.4 is 11.5 Å². The third kappa shape index (κ3) is 3.86. The standard InChI is InChI=1S/C16H24N6O5/c1-7(2)3-8(17)16(25)26-4-9-11(23)12(24)15(27-9)22-6-21-10-13(18)19-5-20-14(10)22/h5-9,11-12,15,23-24H,3-4,17H2,1-2H3,(H2,18,19,20)/t8-,9-,11-,12+,15-/m1/s1. The molecule has 0 aromatic carbocycles. The van der Waals surface area contributed by atoms with Gasteiger partial charge < -0.3 is 31.2 Å². The Morgan fingerprint density at radius 1 is 1.33 bits per heavy atom. The summed E-state index contributed by atoms with van der Waals surface area (Å²) in [5, 5.41) is 20.6. The molecule has 0 amide bonds. The summed E-state index contributed by atoms with van der Waals surface area (Å²) in [6.07, 6.45) is -1.27. The fourth-order valence-corrected chi connectivity index (χ4v) is 3.03. The van der Waals surface area contributed by atoms with E-state index < -0.39 is 36.6 Å². The van der Waals surface area contributed by atoms with Crippen molar-refractivity contribution in [2.45, 2.75) is 50.8 Å². The smallest absolute Gasteiger partial charge is 0.323 e. The maximum atomic E-state index is 12.0. The van der Waals surface area contributed by atoms with Crippen molar-refractivity contribution in [2.75, 3.05) is 12.3 Å². The van der Waals surface area contributed by atoms with Crippen LogP contribution in [0.15, 0.2) is 12.7 Å². The Balaban J connectivity index is 1.69. The molecule has 2 aromatic rings. The quantitative estimate of drug-likeness (QED) is 0.453. The number of fused-ring (bicyclic) bond motifs is 1. The summed E-state index contributed by atoms with van der Waals surface area (Å²) in [7, 11) is 0. The first kappa shape index (κ1) is 19.4. The highest BCUT2D eigenvalue weighted by Gasteiger charge is 2.45. The Morgan fingerprint density at radius 3 is 2.78 bits per heavy atom. The van der Waals surface area contributed by atoms with Gasteiger partial charge in [0, 0.05) is 0 Å². The summed E-state index contributed by atoms with van der Waals surface area (Å²) < 4.78 is 12.3. The molecule has 11 heteroatoms. The number of carbonyl (C=O) groups excluding carboxylic acids is 1. The van der Waals surface area contributed by atoms with Crippen LogP contribution in [-0.2, 0) is 14.3 Å². The number of carbonyl (C=O) groups is 1. The summed E-state index contributed by atoms with van der Waals surface area (Å²) in [5.41, 5.74) is 12.2. The van der Waals surface area contributed by atoms with Crippen molar-refractivity contribution in [3.63, 3.8) is 0 Å². The highest BCUT2D eigenvalue weighted by Crippen LogP contribution is 2.32. The molecule has 1 saturated heterocycles. The maximum absolute atomic E-state index is 12.0. The summed E-state index contributed by atoms with van der Waals surface area (Å²) >= 11 is 0. The number of rotatable bonds is 6. The van der Waals surface area contributed by atoms with Crippen LogP contribution in [0.5, 0.6) is 0 Å². The van der Waals surface area contributed by atoms with Crippen molar-refractivity contribution in [1.82, 2.24) is 19.5 Å². The number of nitrogen functional groups attached to an aromatic ring is 1. The first-order valence-electron chi connectivity index (χ1n) is 8.66. The van der Waals surface area contributed by atoms with Gasteiger partial charge in [-0.2, -0.15) is 0 Å². The van der Waals surface area contributed by atoms with Crippen LogP contribution in [0, 0.1) is 5.92 Å². The Morgan fingerprint density at radius 2 is 2.07 bits per heavy atom. The molecule has 0 spiro atoms. The topological polar surface area (TPSA) is 172 Å². The molecule has 148 valence electrons. The number of imidazole rings is 1. The lowest BCUT2D eigenvalue weighted by Gasteiger charge is -2.17. The Bertz CT molecular complexity index is 812. The van der Waals surface area contributed by atoms with Crippen molar-refractivity contribution >= 4 is 23.0 Å². The molecule has 1 aliphatic rings. The normalized spacial score (nSPS) is 26.6. The minimum atomic E-state index is -1.27. The van der Waals surface area contributed by atoms with Crippen LogP contribution in [0.3, 0.4) is 0 Å². The fraction of sp³-hybridized carbons (Fsp3) is 0.625. The zero-order valence-corrected chi connectivity index (χ0v) is 15.1. The molecular weight excluding hydrogens is 356 g/mol. The van der Waals surface area contributed by atoms with E-state index >= 15 is 0 Å². The van der Waals surface area contributed by atoms with Crippen LogP contribution in [-0.4, -0.2) is 66.7 Å². The summed E-state index contributed by atoms with van der Waals surface area (Å²) in [5.74, 6) is -0.140. The fourth-order valence-electron chi connectivity index (χ4n) is 3.03. The predicted octanol–water partition coefficient (Wildman–Crippen LogP) is -1.06. The van der Waals surface area contributed by atoms with Gasteiger partial charge in [0.1, 0.15) is 42.8 Å². The van der Waals surface area contributed by atoms with Crippen molar-refractivity contribution in [3.05, 3.63) is 12.7 Å². The molecule has 1 fully saturated rings. The Hall–Kier alpha value is -2.34. The average molecular weight is 380 g/mol. The van der Waals surface area contributed by atoms with Gasteiger partial charge in [0.15, 0.2) is 17.7 Å². The van der Waals surface area contributed by atoms with Gasteiger partial charge in [0.25, 0.3) is 0 Å². The molecule has 11 nitrogen and oxygen atoms in total. The van der Waals surface area contributed by atoms with E-state index in [0.717, 1.165) is 0 Å². The molecule has 6 N–H and O–H groups in total. The molecule has 0 bridgehead atoms. The number of aliphatic hydroxyl groups excluding tert-OH is 2. The lowest BCUT2D eigenvalue weighted by molar-refractivity contribution is -0.152. The zero-order valence-electron chi connectivity index (χ0n) is 15.1. The summed E-state index contributed by atoms with van der Waals surface area (Å²) in [6, 6.07) is -0.749. The molecular formula is C16H24N6O5. The second-order valence-electron chi connectivity index (χ2n) is 7.00. The second-order valence-corrected chi connectivity index (χ2v) is 7.00. The second kappa shape index (κ2) is 7.72. The number of ether oxygens (including phenoxy) is 2. The van der Waals surface area contributed by atoms with E-state index in [1.165, 1.54) is 17.2 Å². The molecule has 0 unspecified atom stereocenters. The van der Waals surface area contributed by atoms with Gasteiger partial charge in [-0.05, 0) is 12.3 Å². The number of anilines is 1. The minimum Gasteiger partial charge on any atom is -0.462 e. The molecule has 27 heavy (non-hydrogen) atoms. The number of aliphatic hydroxyl groups is 2. The first-order valence-corrected chi connectivity index (χ1v) is 8.66. The number of aromatic nitrogens is 4. The summed E-state index contributed by atoms with van der Waals surface area (Å²) in [4.78, 5) is 24.0. The molecule has 3 rings (SSSR count). The molecule has 0 radical (unpaired) electrons. The van der Waals surface area contributed by atoms with E-state index in [-0.39, 0.29) is 18.3 Å². The van der Waals surface area contributed by atoms with Crippen molar-refractivity contribution < 1.29 is 24.5 Å². The molecule has 2 aromatic heterocycles. The highest BCUT2D eigenvalue weighted by atomic mass is 16.6. The van der Waals surface area contributed by atoms with E-state index in [1.54, 1.807) is 0 Å². The molecule has 1 aliphatic heterocycles. The van der Waals surface area contributed by atoms with Gasteiger partial charge in [-0.1, -0.05) is 13.8 Å². The van der Waals surface area contributed by atoms with Crippen LogP contribution in [0.1, 0.15) is 26.5 Å². The summed E-state index contributed by atoms with van der Waals surface area (Å²) in [6.45, 7) is 3.66. The average Bonchev–Trinajstić information content (AvgIpc) is 3.16. The van der Waals surface area contributed by atoms with Crippen LogP contribution in [0.2, 0.25) is 0 Å². The monoisotopic (exact) mass is 380 g/mol. The predicted molar refractivity (Wildman–Crippen MR) is 94.0 cm³/mol. The van der Waals surface area contributed by atoms with E-state index in [2.05, 4.69) is 15.0 Å². The van der Waals surface area contributed by atoms with E-state index in [9.17, 15) is 15.0 Å². The minimum absolute atomic E-state index is 0.191. The Labute approximate surface area is 155 Å². The maximum Gasteiger partial charge on any atom is 0.323 e.